The van der Waals surface area contributed by atoms with Crippen LogP contribution in [0.2, 0.25) is 0 Å². The molecule has 1 heterocycles. The van der Waals surface area contributed by atoms with E-state index in [0.717, 1.165) is 5.22 Å². The van der Waals surface area contributed by atoms with Gasteiger partial charge in [0.15, 0.2) is 0 Å². The minimum atomic E-state index is -0.191. The maximum atomic E-state index is 4.18. The molecule has 0 bridgehead atoms. The fourth-order valence-electron chi connectivity index (χ4n) is 1.41. The molecule has 2 heteroatoms. The largest absolute Gasteiger partial charge is 0.179 e. The van der Waals surface area contributed by atoms with Crippen LogP contribution in [0.4, 0.5) is 0 Å². The fraction of sp³-hybridized carbons (Fsp3) is 0.273. The van der Waals surface area contributed by atoms with Crippen molar-refractivity contribution >= 4 is 12.3 Å². The first kappa shape index (κ1) is 8.17. The highest BCUT2D eigenvalue weighted by Gasteiger charge is 2.12. The van der Waals surface area contributed by atoms with E-state index < -0.39 is 0 Å². The number of rotatable bonds is 0. The predicted octanol–water partition coefficient (Wildman–Crippen LogP) is 1.45. The molecule has 0 unspecified atom stereocenters. The second-order valence-electron chi connectivity index (χ2n) is 3.77. The molecule has 0 radical (unpaired) electrons. The van der Waals surface area contributed by atoms with E-state index in [2.05, 4.69) is 22.4 Å². The molecule has 0 saturated carbocycles. The van der Waals surface area contributed by atoms with Gasteiger partial charge in [-0.1, -0.05) is 24.3 Å². The summed E-state index contributed by atoms with van der Waals surface area (Å²) < 4.78 is 0. The molecule has 0 fully saturated rings. The third kappa shape index (κ3) is 1.66. The number of nitrogens with zero attached hydrogens (tertiary/aromatic N) is 2. The summed E-state index contributed by atoms with van der Waals surface area (Å²) in [5.74, 6) is 0. The molecule has 0 atom stereocenters. The molecule has 1 aromatic carbocycles. The summed E-state index contributed by atoms with van der Waals surface area (Å²) in [6, 6.07) is 8.18. The summed E-state index contributed by atoms with van der Waals surface area (Å²) in [4.78, 5) is 0. The van der Waals surface area contributed by atoms with E-state index in [-0.39, 0.29) is 5.54 Å². The van der Waals surface area contributed by atoms with Gasteiger partial charge in [-0.2, -0.15) is 10.2 Å². The van der Waals surface area contributed by atoms with Crippen LogP contribution in [0.5, 0.6) is 0 Å². The molecule has 0 spiro atoms. The van der Waals surface area contributed by atoms with Gasteiger partial charge in [0.25, 0.3) is 0 Å². The van der Waals surface area contributed by atoms with Gasteiger partial charge in [-0.15, -0.1) is 0 Å². The maximum absolute atomic E-state index is 4.18. The monoisotopic (exact) mass is 172 g/mol. The fourth-order valence-corrected chi connectivity index (χ4v) is 1.41. The van der Waals surface area contributed by atoms with Gasteiger partial charge in [0.2, 0.25) is 0 Å². The number of fused-ring (bicyclic) bond motifs is 1. The van der Waals surface area contributed by atoms with Crippen molar-refractivity contribution in [2.75, 3.05) is 0 Å². The van der Waals surface area contributed by atoms with Crippen LogP contribution in [-0.2, 0) is 0 Å². The molecule has 1 aromatic rings. The minimum absolute atomic E-state index is 0.191. The average molecular weight is 172 g/mol. The first-order chi connectivity index (χ1) is 6.17. The first-order valence-corrected chi connectivity index (χ1v) is 4.38. The van der Waals surface area contributed by atoms with E-state index in [0.29, 0.717) is 0 Å². The summed E-state index contributed by atoms with van der Waals surface area (Å²) in [6.07, 6.45) is 3.94. The van der Waals surface area contributed by atoms with Crippen molar-refractivity contribution in [2.45, 2.75) is 19.4 Å². The Morgan fingerprint density at radius 2 is 1.77 bits per heavy atom. The van der Waals surface area contributed by atoms with E-state index >= 15 is 0 Å². The molecule has 13 heavy (non-hydrogen) atoms. The number of hydrogen-bond acceptors (Lipinski definition) is 2. The van der Waals surface area contributed by atoms with Gasteiger partial charge in [-0.3, -0.25) is 0 Å². The zero-order valence-corrected chi connectivity index (χ0v) is 7.86. The van der Waals surface area contributed by atoms with Crippen LogP contribution < -0.4 is 10.4 Å². The highest BCUT2D eigenvalue weighted by atomic mass is 15.1. The Morgan fingerprint density at radius 1 is 1.08 bits per heavy atom. The lowest BCUT2D eigenvalue weighted by molar-refractivity contribution is 0.659. The van der Waals surface area contributed by atoms with Gasteiger partial charge in [0.05, 0.1) is 11.7 Å². The van der Waals surface area contributed by atoms with Crippen LogP contribution >= 0.6 is 0 Å². The van der Waals surface area contributed by atoms with Gasteiger partial charge in [0.1, 0.15) is 0 Å². The van der Waals surface area contributed by atoms with Gasteiger partial charge < -0.3 is 0 Å². The Balaban J connectivity index is 2.77. The normalized spacial score (nSPS) is 18.0. The smallest absolute Gasteiger partial charge is 0.0952 e. The highest BCUT2D eigenvalue weighted by Crippen LogP contribution is 2.11. The van der Waals surface area contributed by atoms with Crippen LogP contribution in [0.25, 0.3) is 12.3 Å². The molecule has 0 aliphatic carbocycles. The van der Waals surface area contributed by atoms with Crippen molar-refractivity contribution in [2.24, 2.45) is 10.2 Å². The standard InChI is InChI=1S/C11H12N2/c1-11(2)7-9-5-3-4-6-10(9)8-12-13-11/h3-8H,1-2H3. The van der Waals surface area contributed by atoms with Crippen LogP contribution in [0.3, 0.4) is 0 Å². The van der Waals surface area contributed by atoms with E-state index in [4.69, 9.17) is 0 Å². The lowest BCUT2D eigenvalue weighted by atomic mass is 10.0. The van der Waals surface area contributed by atoms with Crippen molar-refractivity contribution in [1.29, 1.82) is 0 Å². The Labute approximate surface area is 77.3 Å². The molecule has 2 nitrogen and oxygen atoms in total. The summed E-state index contributed by atoms with van der Waals surface area (Å²) in [5, 5.41) is 10.6. The van der Waals surface area contributed by atoms with E-state index in [9.17, 15) is 0 Å². The zero-order chi connectivity index (χ0) is 9.31. The van der Waals surface area contributed by atoms with E-state index in [1.54, 1.807) is 6.20 Å². The van der Waals surface area contributed by atoms with Crippen molar-refractivity contribution in [3.05, 3.63) is 34.7 Å². The molecule has 0 saturated heterocycles. The van der Waals surface area contributed by atoms with Crippen molar-refractivity contribution in [3.63, 3.8) is 0 Å². The summed E-state index contributed by atoms with van der Waals surface area (Å²) in [6.45, 7) is 4.10. The predicted molar refractivity (Wildman–Crippen MR) is 53.6 cm³/mol. The quantitative estimate of drug-likeness (QED) is 0.566. The van der Waals surface area contributed by atoms with Gasteiger partial charge in [-0.05, 0) is 25.1 Å². The van der Waals surface area contributed by atoms with Crippen LogP contribution in [0.15, 0.2) is 34.5 Å². The zero-order valence-electron chi connectivity index (χ0n) is 7.86. The third-order valence-corrected chi connectivity index (χ3v) is 2.02. The molecule has 66 valence electrons. The van der Waals surface area contributed by atoms with Gasteiger partial charge in [-0.25, -0.2) is 0 Å². The summed E-state index contributed by atoms with van der Waals surface area (Å²) in [5.41, 5.74) is -0.191. The average Bonchev–Trinajstić information content (AvgIpc) is 2.21. The molecule has 0 amide bonds. The van der Waals surface area contributed by atoms with Crippen molar-refractivity contribution in [3.8, 4) is 0 Å². The Morgan fingerprint density at radius 3 is 2.54 bits per heavy atom. The molecule has 0 aromatic heterocycles. The van der Waals surface area contributed by atoms with Gasteiger partial charge >= 0.3 is 0 Å². The Bertz CT molecular complexity index is 455. The second kappa shape index (κ2) is 2.80. The maximum Gasteiger partial charge on any atom is 0.0952 e. The minimum Gasteiger partial charge on any atom is -0.179 e. The number of azo groups is 1. The molecular weight excluding hydrogens is 160 g/mol. The van der Waals surface area contributed by atoms with Crippen LogP contribution in [0.1, 0.15) is 13.8 Å². The Hall–Kier alpha value is -1.44. The SMILES string of the molecule is CC1(C)C=c2ccccc2=CN=N1. The molecule has 1 aliphatic heterocycles. The molecule has 2 rings (SSSR count). The Kier molecular flexibility index (Phi) is 1.76. The third-order valence-electron chi connectivity index (χ3n) is 2.02. The highest BCUT2D eigenvalue weighted by molar-refractivity contribution is 5.40. The molecule has 1 aliphatic rings. The lowest BCUT2D eigenvalue weighted by Gasteiger charge is -2.09. The number of benzene rings is 1. The topological polar surface area (TPSA) is 24.7 Å². The van der Waals surface area contributed by atoms with Gasteiger partial charge in [0, 0.05) is 5.22 Å². The van der Waals surface area contributed by atoms with Crippen LogP contribution in [-0.4, -0.2) is 5.54 Å². The second-order valence-corrected chi connectivity index (χ2v) is 3.77. The lowest BCUT2D eigenvalue weighted by Crippen LogP contribution is -2.26. The van der Waals surface area contributed by atoms with Crippen LogP contribution in [0, 0.1) is 0 Å². The molecular formula is C11H12N2. The van der Waals surface area contributed by atoms with E-state index in [1.165, 1.54) is 5.22 Å². The first-order valence-electron chi connectivity index (χ1n) is 4.38. The molecule has 0 N–H and O–H groups in total. The number of hydrogen-bond donors (Lipinski definition) is 0. The van der Waals surface area contributed by atoms with E-state index in [1.807, 2.05) is 32.0 Å². The summed E-state index contributed by atoms with van der Waals surface area (Å²) in [7, 11) is 0. The van der Waals surface area contributed by atoms with Crippen molar-refractivity contribution in [1.82, 2.24) is 0 Å². The van der Waals surface area contributed by atoms with Crippen molar-refractivity contribution < 1.29 is 0 Å². The summed E-state index contributed by atoms with van der Waals surface area (Å²) >= 11 is 0.